The number of nitrogens with zero attached hydrogens (tertiary/aromatic N) is 2. The molecule has 1 saturated heterocycles. The molecule has 0 aromatic heterocycles. The minimum atomic E-state index is -0.825. The Hall–Kier alpha value is -1.10. The summed E-state index contributed by atoms with van der Waals surface area (Å²) in [5.41, 5.74) is -0.825. The molecule has 5 heteroatoms. The molecule has 0 aromatic carbocycles. The van der Waals surface area contributed by atoms with Crippen molar-refractivity contribution < 1.29 is 14.7 Å². The van der Waals surface area contributed by atoms with E-state index in [1.807, 2.05) is 13.8 Å². The van der Waals surface area contributed by atoms with Crippen LogP contribution in [-0.4, -0.2) is 51.1 Å². The van der Waals surface area contributed by atoms with Gasteiger partial charge in [-0.3, -0.25) is 9.69 Å². The van der Waals surface area contributed by atoms with Crippen molar-refractivity contribution in [2.24, 2.45) is 0 Å². The van der Waals surface area contributed by atoms with E-state index in [0.29, 0.717) is 0 Å². The topological polar surface area (TPSA) is 60.9 Å². The number of carbonyl (C=O) groups is 2. The Morgan fingerprint density at radius 2 is 1.75 bits per heavy atom. The first-order chi connectivity index (χ1) is 7.25. The number of aliphatic hydroxyl groups excluding tert-OH is 1. The van der Waals surface area contributed by atoms with Crippen LogP contribution in [0.1, 0.15) is 34.6 Å². The highest BCUT2D eigenvalue weighted by atomic mass is 16.3. The fourth-order valence-electron chi connectivity index (χ4n) is 2.18. The smallest absolute Gasteiger partial charge is 0.328 e. The standard InChI is InChI=1S/C11H20N2O3/c1-7(2)13-10(16)12(8(3)6-14)9(15)11(13,4)5/h7-8,14H,6H2,1-5H3. The average Bonchev–Trinajstić information content (AvgIpc) is 2.33. The van der Waals surface area contributed by atoms with E-state index in [1.165, 1.54) is 0 Å². The molecule has 0 aliphatic carbocycles. The van der Waals surface area contributed by atoms with Gasteiger partial charge in [-0.25, -0.2) is 4.79 Å². The van der Waals surface area contributed by atoms with Gasteiger partial charge in [0, 0.05) is 6.04 Å². The van der Waals surface area contributed by atoms with E-state index >= 15 is 0 Å². The molecule has 0 radical (unpaired) electrons. The van der Waals surface area contributed by atoms with Gasteiger partial charge < -0.3 is 10.0 Å². The molecule has 1 unspecified atom stereocenters. The Labute approximate surface area is 96.0 Å². The normalized spacial score (nSPS) is 22.2. The minimum Gasteiger partial charge on any atom is -0.394 e. The third-order valence-electron chi connectivity index (χ3n) is 2.98. The lowest BCUT2D eigenvalue weighted by molar-refractivity contribution is -0.133. The van der Waals surface area contributed by atoms with Gasteiger partial charge >= 0.3 is 6.03 Å². The third-order valence-corrected chi connectivity index (χ3v) is 2.98. The summed E-state index contributed by atoms with van der Waals surface area (Å²) in [6.07, 6.45) is 0. The van der Waals surface area contributed by atoms with Crippen molar-refractivity contribution in [3.8, 4) is 0 Å². The highest BCUT2D eigenvalue weighted by Gasteiger charge is 2.53. The van der Waals surface area contributed by atoms with Crippen LogP contribution in [0.25, 0.3) is 0 Å². The summed E-state index contributed by atoms with van der Waals surface area (Å²) in [7, 11) is 0. The number of amides is 3. The summed E-state index contributed by atoms with van der Waals surface area (Å²) in [5, 5.41) is 9.06. The van der Waals surface area contributed by atoms with Crippen LogP contribution in [0.2, 0.25) is 0 Å². The molecule has 1 rings (SSSR count). The zero-order valence-corrected chi connectivity index (χ0v) is 10.5. The molecule has 0 aromatic rings. The van der Waals surface area contributed by atoms with E-state index < -0.39 is 11.6 Å². The molecule has 1 atom stereocenters. The first-order valence-electron chi connectivity index (χ1n) is 5.53. The van der Waals surface area contributed by atoms with Crippen LogP contribution in [0.4, 0.5) is 4.79 Å². The van der Waals surface area contributed by atoms with Gasteiger partial charge in [-0.05, 0) is 34.6 Å². The van der Waals surface area contributed by atoms with Crippen LogP contribution in [-0.2, 0) is 4.79 Å². The number of urea groups is 1. The summed E-state index contributed by atoms with van der Waals surface area (Å²) >= 11 is 0. The van der Waals surface area contributed by atoms with Gasteiger partial charge in [0.25, 0.3) is 5.91 Å². The summed E-state index contributed by atoms with van der Waals surface area (Å²) < 4.78 is 0. The first-order valence-corrected chi connectivity index (χ1v) is 5.53. The van der Waals surface area contributed by atoms with E-state index in [1.54, 1.807) is 25.7 Å². The molecule has 92 valence electrons. The Balaban J connectivity index is 3.11. The number of hydrogen-bond acceptors (Lipinski definition) is 3. The predicted molar refractivity (Wildman–Crippen MR) is 59.8 cm³/mol. The zero-order chi connectivity index (χ0) is 12.7. The monoisotopic (exact) mass is 228 g/mol. The number of rotatable bonds is 3. The second-order valence-corrected chi connectivity index (χ2v) is 5.01. The lowest BCUT2D eigenvalue weighted by atomic mass is 10.0. The molecule has 1 aliphatic rings. The van der Waals surface area contributed by atoms with Crippen molar-refractivity contribution in [3.05, 3.63) is 0 Å². The van der Waals surface area contributed by atoms with Crippen LogP contribution >= 0.6 is 0 Å². The van der Waals surface area contributed by atoms with Gasteiger partial charge in [0.2, 0.25) is 0 Å². The Bertz CT molecular complexity index is 312. The molecule has 0 bridgehead atoms. The van der Waals surface area contributed by atoms with Crippen molar-refractivity contribution in [1.29, 1.82) is 0 Å². The Morgan fingerprint density at radius 3 is 2.06 bits per heavy atom. The van der Waals surface area contributed by atoms with Gasteiger partial charge in [0.15, 0.2) is 0 Å². The van der Waals surface area contributed by atoms with Crippen LogP contribution in [0, 0.1) is 0 Å². The molecule has 1 N–H and O–H groups in total. The summed E-state index contributed by atoms with van der Waals surface area (Å²) in [5.74, 6) is -0.243. The minimum absolute atomic E-state index is 0.0395. The maximum Gasteiger partial charge on any atom is 0.328 e. The van der Waals surface area contributed by atoms with E-state index in [-0.39, 0.29) is 24.6 Å². The fraction of sp³-hybridized carbons (Fsp3) is 0.818. The second kappa shape index (κ2) is 4.05. The predicted octanol–water partition coefficient (Wildman–Crippen LogP) is 0.818. The van der Waals surface area contributed by atoms with E-state index in [4.69, 9.17) is 5.11 Å². The maximum absolute atomic E-state index is 12.1. The third kappa shape index (κ3) is 1.69. The SMILES string of the molecule is CC(CO)N1C(=O)N(C(C)C)C(C)(C)C1=O. The van der Waals surface area contributed by atoms with Crippen molar-refractivity contribution in [1.82, 2.24) is 9.80 Å². The van der Waals surface area contributed by atoms with E-state index in [0.717, 1.165) is 4.90 Å². The molecule has 16 heavy (non-hydrogen) atoms. The van der Waals surface area contributed by atoms with Crippen LogP contribution in [0.15, 0.2) is 0 Å². The zero-order valence-electron chi connectivity index (χ0n) is 10.5. The lowest BCUT2D eigenvalue weighted by Gasteiger charge is -2.31. The second-order valence-electron chi connectivity index (χ2n) is 5.01. The van der Waals surface area contributed by atoms with Gasteiger partial charge in [-0.15, -0.1) is 0 Å². The van der Waals surface area contributed by atoms with E-state index in [2.05, 4.69) is 0 Å². The van der Waals surface area contributed by atoms with Crippen molar-refractivity contribution in [3.63, 3.8) is 0 Å². The first kappa shape index (κ1) is 13.0. The Kier molecular flexibility index (Phi) is 3.28. The number of imide groups is 1. The van der Waals surface area contributed by atoms with Crippen LogP contribution in [0.5, 0.6) is 0 Å². The van der Waals surface area contributed by atoms with Crippen LogP contribution in [0.3, 0.4) is 0 Å². The van der Waals surface area contributed by atoms with Gasteiger partial charge in [0.05, 0.1) is 12.6 Å². The average molecular weight is 228 g/mol. The molecule has 0 saturated carbocycles. The van der Waals surface area contributed by atoms with E-state index in [9.17, 15) is 9.59 Å². The maximum atomic E-state index is 12.1. The van der Waals surface area contributed by atoms with Crippen molar-refractivity contribution >= 4 is 11.9 Å². The fourth-order valence-corrected chi connectivity index (χ4v) is 2.18. The molecule has 3 amide bonds. The molecular formula is C11H20N2O3. The summed E-state index contributed by atoms with van der Waals surface area (Å²) in [4.78, 5) is 26.9. The molecule has 1 heterocycles. The number of hydrogen-bond donors (Lipinski definition) is 1. The summed E-state index contributed by atoms with van der Waals surface area (Å²) in [6, 6.07) is -0.822. The molecule has 1 aliphatic heterocycles. The molecule has 1 fully saturated rings. The lowest BCUT2D eigenvalue weighted by Crippen LogP contribution is -2.47. The van der Waals surface area contributed by atoms with Crippen molar-refractivity contribution in [2.45, 2.75) is 52.2 Å². The molecule has 0 spiro atoms. The van der Waals surface area contributed by atoms with Gasteiger partial charge in [0.1, 0.15) is 5.54 Å². The molecular weight excluding hydrogens is 208 g/mol. The summed E-state index contributed by atoms with van der Waals surface area (Å²) in [6.45, 7) is 8.67. The quantitative estimate of drug-likeness (QED) is 0.727. The largest absolute Gasteiger partial charge is 0.394 e. The molecule has 5 nitrogen and oxygen atoms in total. The van der Waals surface area contributed by atoms with Gasteiger partial charge in [-0.1, -0.05) is 0 Å². The number of aliphatic hydroxyl groups is 1. The highest BCUT2D eigenvalue weighted by Crippen LogP contribution is 2.30. The van der Waals surface area contributed by atoms with Crippen LogP contribution < -0.4 is 0 Å². The number of carbonyl (C=O) groups excluding carboxylic acids is 2. The highest BCUT2D eigenvalue weighted by molar-refractivity contribution is 6.06. The van der Waals surface area contributed by atoms with Gasteiger partial charge in [-0.2, -0.15) is 0 Å². The van der Waals surface area contributed by atoms with Crippen molar-refractivity contribution in [2.75, 3.05) is 6.61 Å². The Morgan fingerprint density at radius 1 is 1.25 bits per heavy atom.